The van der Waals surface area contributed by atoms with E-state index in [1.54, 1.807) is 18.2 Å². The van der Waals surface area contributed by atoms with E-state index in [0.717, 1.165) is 16.3 Å². The Labute approximate surface area is 155 Å². The molecule has 0 unspecified atom stereocenters. The molecule has 0 amide bonds. The molecule has 1 aliphatic rings. The highest BCUT2D eigenvalue weighted by atomic mass is 32.1. The quantitative estimate of drug-likeness (QED) is 0.654. The van der Waals surface area contributed by atoms with Crippen LogP contribution in [0.4, 0.5) is 18.3 Å². The van der Waals surface area contributed by atoms with Crippen LogP contribution in [0.25, 0.3) is 16.3 Å². The van der Waals surface area contributed by atoms with Crippen LogP contribution in [0.15, 0.2) is 47.2 Å². The molecule has 4 rings (SSSR count). The summed E-state index contributed by atoms with van der Waals surface area (Å²) in [5, 5.41) is 13.6. The Balaban J connectivity index is 1.47. The first kappa shape index (κ1) is 17.5. The van der Waals surface area contributed by atoms with Gasteiger partial charge in [0, 0.05) is 19.2 Å². The van der Waals surface area contributed by atoms with Gasteiger partial charge in [-0.3, -0.25) is 0 Å². The molecule has 140 valence electrons. The minimum absolute atomic E-state index is 0.218. The average Bonchev–Trinajstić information content (AvgIpc) is 3.32. The van der Waals surface area contributed by atoms with Gasteiger partial charge in [-0.15, -0.1) is 23.4 Å². The number of anilines is 1. The molecule has 6 nitrogen and oxygen atoms in total. The highest BCUT2D eigenvalue weighted by Gasteiger charge is 2.31. The van der Waals surface area contributed by atoms with E-state index < -0.39 is 6.36 Å². The Hall–Kier alpha value is -2.88. The zero-order chi connectivity index (χ0) is 18.9. The smallest absolute Gasteiger partial charge is 0.406 e. The molecule has 0 radical (unpaired) electrons. The lowest BCUT2D eigenvalue weighted by Gasteiger charge is -2.25. The summed E-state index contributed by atoms with van der Waals surface area (Å²) in [4.78, 5) is 2.06. The van der Waals surface area contributed by atoms with Gasteiger partial charge in [-0.1, -0.05) is 34.7 Å². The summed E-state index contributed by atoms with van der Waals surface area (Å²) in [5.41, 5.74) is 2.32. The van der Waals surface area contributed by atoms with Crippen LogP contribution in [0, 0.1) is 0 Å². The molecule has 0 N–H and O–H groups in total. The van der Waals surface area contributed by atoms with Crippen molar-refractivity contribution in [2.24, 2.45) is 0 Å². The predicted molar refractivity (Wildman–Crippen MR) is 93.3 cm³/mol. The summed E-state index contributed by atoms with van der Waals surface area (Å²) in [5.74, 6) is -0.218. The van der Waals surface area contributed by atoms with E-state index in [9.17, 15) is 13.2 Å². The van der Waals surface area contributed by atoms with E-state index in [0.29, 0.717) is 30.2 Å². The van der Waals surface area contributed by atoms with Gasteiger partial charge in [0.2, 0.25) is 5.13 Å². The van der Waals surface area contributed by atoms with Crippen molar-refractivity contribution in [3.8, 4) is 16.5 Å². The van der Waals surface area contributed by atoms with Gasteiger partial charge in [0.25, 0.3) is 0 Å². The van der Waals surface area contributed by atoms with E-state index in [1.807, 2.05) is 6.08 Å². The van der Waals surface area contributed by atoms with Crippen molar-refractivity contribution in [1.82, 2.24) is 15.4 Å². The van der Waals surface area contributed by atoms with E-state index in [-0.39, 0.29) is 5.75 Å². The average molecular weight is 394 g/mol. The van der Waals surface area contributed by atoms with Crippen molar-refractivity contribution in [1.29, 1.82) is 0 Å². The Morgan fingerprint density at radius 2 is 2.07 bits per heavy atom. The molecule has 1 aliphatic heterocycles. The molecule has 0 aliphatic carbocycles. The van der Waals surface area contributed by atoms with Gasteiger partial charge < -0.3 is 14.2 Å². The van der Waals surface area contributed by atoms with Crippen molar-refractivity contribution in [2.75, 3.05) is 18.0 Å². The molecular weight excluding hydrogens is 381 g/mol. The number of alkyl halides is 3. The van der Waals surface area contributed by atoms with Gasteiger partial charge in [0.05, 0.1) is 0 Å². The van der Waals surface area contributed by atoms with Crippen molar-refractivity contribution in [3.05, 3.63) is 48.2 Å². The zero-order valence-electron chi connectivity index (χ0n) is 13.8. The summed E-state index contributed by atoms with van der Waals surface area (Å²) in [7, 11) is 0. The van der Waals surface area contributed by atoms with Gasteiger partial charge in [-0.25, -0.2) is 0 Å². The third kappa shape index (κ3) is 4.11. The Kier molecular flexibility index (Phi) is 4.56. The first-order chi connectivity index (χ1) is 13.0. The fourth-order valence-electron chi connectivity index (χ4n) is 2.77. The predicted octanol–water partition coefficient (Wildman–Crippen LogP) is 4.39. The van der Waals surface area contributed by atoms with E-state index in [1.165, 1.54) is 29.7 Å². The second-order valence-electron chi connectivity index (χ2n) is 5.78. The van der Waals surface area contributed by atoms with Crippen LogP contribution in [0.3, 0.4) is 0 Å². The van der Waals surface area contributed by atoms with Gasteiger partial charge in [0.1, 0.15) is 17.7 Å². The molecule has 3 heterocycles. The summed E-state index contributed by atoms with van der Waals surface area (Å²) in [6.07, 6.45) is -0.569. The van der Waals surface area contributed by atoms with Crippen LogP contribution in [0.1, 0.15) is 12.0 Å². The molecule has 3 aromatic rings. The SMILES string of the molecule is FC(F)(F)Oc1cccc(C2=CCN(c3nnc(-c4ccon4)s3)CC2)c1. The lowest BCUT2D eigenvalue weighted by atomic mass is 9.99. The first-order valence-electron chi connectivity index (χ1n) is 8.02. The highest BCUT2D eigenvalue weighted by Crippen LogP contribution is 2.32. The number of ether oxygens (including phenoxy) is 1. The van der Waals surface area contributed by atoms with Gasteiger partial charge in [0.15, 0.2) is 5.01 Å². The maximum Gasteiger partial charge on any atom is 0.573 e. The Morgan fingerprint density at radius 1 is 1.19 bits per heavy atom. The fourth-order valence-corrected chi connectivity index (χ4v) is 3.61. The van der Waals surface area contributed by atoms with Crippen LogP contribution in [-0.2, 0) is 0 Å². The summed E-state index contributed by atoms with van der Waals surface area (Å²) in [6.45, 7) is 1.27. The molecule has 10 heteroatoms. The molecule has 0 bridgehead atoms. The number of benzene rings is 1. The van der Waals surface area contributed by atoms with Crippen LogP contribution < -0.4 is 9.64 Å². The zero-order valence-corrected chi connectivity index (χ0v) is 14.6. The highest BCUT2D eigenvalue weighted by molar-refractivity contribution is 7.18. The third-order valence-electron chi connectivity index (χ3n) is 3.99. The van der Waals surface area contributed by atoms with Crippen molar-refractivity contribution in [3.63, 3.8) is 0 Å². The topological polar surface area (TPSA) is 64.3 Å². The molecule has 0 saturated carbocycles. The van der Waals surface area contributed by atoms with E-state index >= 15 is 0 Å². The molecule has 2 aromatic heterocycles. The number of aromatic nitrogens is 3. The monoisotopic (exact) mass is 394 g/mol. The summed E-state index contributed by atoms with van der Waals surface area (Å²) >= 11 is 1.41. The minimum Gasteiger partial charge on any atom is -0.406 e. The molecular formula is C17H13F3N4O2S. The standard InChI is InChI=1S/C17H13F3N4O2S/c18-17(19,20)26-13-3-1-2-12(10-13)11-4-7-24(8-5-11)16-22-21-15(27-16)14-6-9-25-23-14/h1-4,6,9-10H,5,7-8H2. The molecule has 0 saturated heterocycles. The van der Waals surface area contributed by atoms with Crippen LogP contribution in [0.2, 0.25) is 0 Å². The maximum atomic E-state index is 12.4. The van der Waals surface area contributed by atoms with Gasteiger partial charge in [-0.05, 0) is 29.7 Å². The second kappa shape index (κ2) is 7.03. The molecule has 0 fully saturated rings. The lowest BCUT2D eigenvalue weighted by Crippen LogP contribution is -2.28. The summed E-state index contributed by atoms with van der Waals surface area (Å²) < 4.78 is 46.0. The largest absolute Gasteiger partial charge is 0.573 e. The van der Waals surface area contributed by atoms with Gasteiger partial charge in [-0.2, -0.15) is 0 Å². The maximum absolute atomic E-state index is 12.4. The summed E-state index contributed by atoms with van der Waals surface area (Å²) in [6, 6.07) is 7.74. The number of nitrogens with zero attached hydrogens (tertiary/aromatic N) is 4. The number of halogens is 3. The van der Waals surface area contributed by atoms with Crippen molar-refractivity contribution >= 4 is 22.0 Å². The molecule has 0 atom stereocenters. The lowest BCUT2D eigenvalue weighted by molar-refractivity contribution is -0.274. The minimum atomic E-state index is -4.70. The first-order valence-corrected chi connectivity index (χ1v) is 8.84. The fraction of sp³-hybridized carbons (Fsp3) is 0.235. The van der Waals surface area contributed by atoms with Gasteiger partial charge >= 0.3 is 6.36 Å². The number of hydrogen-bond donors (Lipinski definition) is 0. The van der Waals surface area contributed by atoms with Crippen molar-refractivity contribution < 1.29 is 22.4 Å². The number of hydrogen-bond acceptors (Lipinski definition) is 7. The van der Waals surface area contributed by atoms with E-state index in [4.69, 9.17) is 4.52 Å². The van der Waals surface area contributed by atoms with Crippen LogP contribution >= 0.6 is 11.3 Å². The molecule has 27 heavy (non-hydrogen) atoms. The third-order valence-corrected chi connectivity index (χ3v) is 5.00. The van der Waals surface area contributed by atoms with Crippen molar-refractivity contribution in [2.45, 2.75) is 12.8 Å². The normalized spacial score (nSPS) is 14.9. The van der Waals surface area contributed by atoms with Crippen LogP contribution in [-0.4, -0.2) is 34.8 Å². The van der Waals surface area contributed by atoms with E-state index in [2.05, 4.69) is 25.0 Å². The Morgan fingerprint density at radius 3 is 2.78 bits per heavy atom. The molecule has 1 aromatic carbocycles. The second-order valence-corrected chi connectivity index (χ2v) is 6.73. The molecule has 0 spiro atoms. The Bertz CT molecular complexity index is 953. The number of rotatable bonds is 4. The van der Waals surface area contributed by atoms with Crippen LogP contribution in [0.5, 0.6) is 5.75 Å².